The third-order valence-electron chi connectivity index (χ3n) is 3.64. The number of hydrogen-bond donors (Lipinski definition) is 0. The molecule has 0 radical (unpaired) electrons. The molecule has 2 rings (SSSR count). The van der Waals surface area contributed by atoms with Gasteiger partial charge in [0.05, 0.1) is 19.1 Å². The Morgan fingerprint density at radius 1 is 1.20 bits per heavy atom. The molecule has 104 valence electrons. The summed E-state index contributed by atoms with van der Waals surface area (Å²) in [5, 5.41) is 11.4. The summed E-state index contributed by atoms with van der Waals surface area (Å²) in [7, 11) is 3.71. The number of benzene rings is 2. The van der Waals surface area contributed by atoms with Gasteiger partial charge in [0.2, 0.25) is 0 Å². The van der Waals surface area contributed by atoms with E-state index < -0.39 is 0 Å². The molecule has 0 aliphatic heterocycles. The summed E-state index contributed by atoms with van der Waals surface area (Å²) in [6.07, 6.45) is 0.881. The first kappa shape index (κ1) is 14.2. The van der Waals surface area contributed by atoms with E-state index in [9.17, 15) is 0 Å². The summed E-state index contributed by atoms with van der Waals surface area (Å²) in [6.45, 7) is 2.81. The Labute approximate surface area is 120 Å². The molecule has 0 saturated carbocycles. The SMILES string of the molecule is CCC(C#N)CN(C)c1ccc2cc(OC)ccc2c1. The first-order valence-electron chi connectivity index (χ1n) is 6.86. The van der Waals surface area contributed by atoms with Gasteiger partial charge < -0.3 is 9.64 Å². The average molecular weight is 268 g/mol. The Balaban J connectivity index is 2.25. The molecule has 0 N–H and O–H groups in total. The standard InChI is InChI=1S/C17H20N2O/c1-4-13(11-18)12-19(2)16-7-5-15-10-17(20-3)8-6-14(15)9-16/h5-10,13H,4,12H2,1-3H3. The van der Waals surface area contributed by atoms with Crippen LogP contribution < -0.4 is 9.64 Å². The quantitative estimate of drug-likeness (QED) is 0.826. The van der Waals surface area contributed by atoms with Crippen LogP contribution in [0.2, 0.25) is 0 Å². The van der Waals surface area contributed by atoms with Crippen LogP contribution in [-0.4, -0.2) is 20.7 Å². The summed E-state index contributed by atoms with van der Waals surface area (Å²) in [5.74, 6) is 0.945. The van der Waals surface area contributed by atoms with Gasteiger partial charge in [-0.15, -0.1) is 0 Å². The Kier molecular flexibility index (Phi) is 4.47. The summed E-state index contributed by atoms with van der Waals surface area (Å²) < 4.78 is 5.24. The molecule has 2 aromatic carbocycles. The minimum absolute atomic E-state index is 0.0755. The van der Waals surface area contributed by atoms with Crippen LogP contribution in [-0.2, 0) is 0 Å². The first-order valence-corrected chi connectivity index (χ1v) is 6.86. The number of fused-ring (bicyclic) bond motifs is 1. The van der Waals surface area contributed by atoms with Crippen LogP contribution in [0.25, 0.3) is 10.8 Å². The maximum atomic E-state index is 9.06. The fraction of sp³-hybridized carbons (Fsp3) is 0.353. The molecule has 0 aliphatic rings. The van der Waals surface area contributed by atoms with E-state index in [1.165, 1.54) is 5.39 Å². The van der Waals surface area contributed by atoms with Crippen LogP contribution in [0.5, 0.6) is 5.75 Å². The molecule has 20 heavy (non-hydrogen) atoms. The summed E-state index contributed by atoms with van der Waals surface area (Å²) >= 11 is 0. The molecule has 3 nitrogen and oxygen atoms in total. The van der Waals surface area contributed by atoms with E-state index in [-0.39, 0.29) is 5.92 Å². The van der Waals surface area contributed by atoms with Gasteiger partial charge in [-0.25, -0.2) is 0 Å². The fourth-order valence-corrected chi connectivity index (χ4v) is 2.27. The highest BCUT2D eigenvalue weighted by molar-refractivity contribution is 5.87. The zero-order chi connectivity index (χ0) is 14.5. The van der Waals surface area contributed by atoms with Crippen LogP contribution in [0.4, 0.5) is 5.69 Å². The minimum atomic E-state index is 0.0755. The normalized spacial score (nSPS) is 11.9. The van der Waals surface area contributed by atoms with Crippen LogP contribution in [0.1, 0.15) is 13.3 Å². The van der Waals surface area contributed by atoms with Gasteiger partial charge in [-0.2, -0.15) is 5.26 Å². The van der Waals surface area contributed by atoms with Gasteiger partial charge in [-0.3, -0.25) is 0 Å². The van der Waals surface area contributed by atoms with Crippen molar-refractivity contribution >= 4 is 16.5 Å². The van der Waals surface area contributed by atoms with Crippen molar-refractivity contribution in [3.8, 4) is 11.8 Å². The highest BCUT2D eigenvalue weighted by atomic mass is 16.5. The molecule has 0 amide bonds. The third kappa shape index (κ3) is 3.03. The van der Waals surface area contributed by atoms with Crippen LogP contribution in [0, 0.1) is 17.2 Å². The van der Waals surface area contributed by atoms with E-state index in [1.807, 2.05) is 26.1 Å². The maximum absolute atomic E-state index is 9.06. The second-order valence-electron chi connectivity index (χ2n) is 5.01. The van der Waals surface area contributed by atoms with Crippen molar-refractivity contribution in [2.75, 3.05) is 25.6 Å². The van der Waals surface area contributed by atoms with Crippen molar-refractivity contribution in [2.24, 2.45) is 5.92 Å². The van der Waals surface area contributed by atoms with Crippen LogP contribution in [0.3, 0.4) is 0 Å². The zero-order valence-corrected chi connectivity index (χ0v) is 12.3. The highest BCUT2D eigenvalue weighted by Gasteiger charge is 2.09. The lowest BCUT2D eigenvalue weighted by atomic mass is 10.1. The number of methoxy groups -OCH3 is 1. The van der Waals surface area contributed by atoms with Gasteiger partial charge in [0.1, 0.15) is 5.75 Å². The van der Waals surface area contributed by atoms with Gasteiger partial charge in [0.15, 0.2) is 0 Å². The van der Waals surface area contributed by atoms with E-state index in [2.05, 4.69) is 35.2 Å². The van der Waals surface area contributed by atoms with E-state index in [1.54, 1.807) is 7.11 Å². The Morgan fingerprint density at radius 2 is 1.90 bits per heavy atom. The smallest absolute Gasteiger partial charge is 0.119 e. The molecular weight excluding hydrogens is 248 g/mol. The number of hydrogen-bond acceptors (Lipinski definition) is 3. The molecule has 0 aliphatic carbocycles. The van der Waals surface area contributed by atoms with Gasteiger partial charge in [0.25, 0.3) is 0 Å². The van der Waals surface area contributed by atoms with E-state index in [4.69, 9.17) is 10.00 Å². The number of nitriles is 1. The molecule has 1 atom stereocenters. The second-order valence-corrected chi connectivity index (χ2v) is 5.01. The van der Waals surface area contributed by atoms with Crippen molar-refractivity contribution in [1.82, 2.24) is 0 Å². The number of ether oxygens (including phenoxy) is 1. The topological polar surface area (TPSA) is 36.3 Å². The first-order chi connectivity index (χ1) is 9.67. The van der Waals surface area contributed by atoms with E-state index in [0.717, 1.165) is 29.8 Å². The lowest BCUT2D eigenvalue weighted by Crippen LogP contribution is -2.24. The molecule has 0 spiro atoms. The van der Waals surface area contributed by atoms with E-state index in [0.29, 0.717) is 0 Å². The third-order valence-corrected chi connectivity index (χ3v) is 3.64. The Bertz CT molecular complexity index is 630. The van der Waals surface area contributed by atoms with Crippen molar-refractivity contribution in [1.29, 1.82) is 5.26 Å². The van der Waals surface area contributed by atoms with Gasteiger partial charge >= 0.3 is 0 Å². The van der Waals surface area contributed by atoms with Crippen molar-refractivity contribution in [3.63, 3.8) is 0 Å². The van der Waals surface area contributed by atoms with Gasteiger partial charge in [-0.1, -0.05) is 19.1 Å². The fourth-order valence-electron chi connectivity index (χ4n) is 2.27. The zero-order valence-electron chi connectivity index (χ0n) is 12.3. The predicted octanol–water partition coefficient (Wildman–Crippen LogP) is 3.83. The monoisotopic (exact) mass is 268 g/mol. The number of anilines is 1. The van der Waals surface area contributed by atoms with Gasteiger partial charge in [-0.05, 0) is 41.5 Å². The molecule has 0 saturated heterocycles. The molecule has 3 heteroatoms. The molecule has 0 bridgehead atoms. The predicted molar refractivity (Wildman–Crippen MR) is 83.2 cm³/mol. The van der Waals surface area contributed by atoms with Gasteiger partial charge in [0, 0.05) is 19.3 Å². The van der Waals surface area contributed by atoms with Crippen molar-refractivity contribution < 1.29 is 4.74 Å². The lowest BCUT2D eigenvalue weighted by molar-refractivity contribution is 0.415. The summed E-state index contributed by atoms with van der Waals surface area (Å²) in [5.41, 5.74) is 1.14. The lowest BCUT2D eigenvalue weighted by Gasteiger charge is -2.22. The van der Waals surface area contributed by atoms with Crippen molar-refractivity contribution in [2.45, 2.75) is 13.3 Å². The Morgan fingerprint density at radius 3 is 2.55 bits per heavy atom. The van der Waals surface area contributed by atoms with Crippen LogP contribution >= 0.6 is 0 Å². The minimum Gasteiger partial charge on any atom is -0.497 e. The highest BCUT2D eigenvalue weighted by Crippen LogP contribution is 2.25. The molecular formula is C17H20N2O. The average Bonchev–Trinajstić information content (AvgIpc) is 2.51. The number of nitrogens with zero attached hydrogens (tertiary/aromatic N) is 2. The largest absolute Gasteiger partial charge is 0.497 e. The summed E-state index contributed by atoms with van der Waals surface area (Å²) in [6, 6.07) is 14.7. The van der Waals surface area contributed by atoms with Crippen LogP contribution in [0.15, 0.2) is 36.4 Å². The molecule has 2 aromatic rings. The molecule has 1 unspecified atom stereocenters. The number of rotatable bonds is 5. The molecule has 0 fully saturated rings. The molecule has 0 aromatic heterocycles. The maximum Gasteiger partial charge on any atom is 0.119 e. The Hall–Kier alpha value is -2.21. The second kappa shape index (κ2) is 6.29. The van der Waals surface area contributed by atoms with Crippen molar-refractivity contribution in [3.05, 3.63) is 36.4 Å². The summed E-state index contributed by atoms with van der Waals surface area (Å²) in [4.78, 5) is 2.14. The molecule has 0 heterocycles. The van der Waals surface area contributed by atoms with E-state index >= 15 is 0 Å².